The van der Waals surface area contributed by atoms with Crippen LogP contribution in [-0.2, 0) is 0 Å². The molecule has 3 N–H and O–H groups in total. The molecule has 0 fully saturated rings. The molecule has 0 bridgehead atoms. The molecule has 6 heteroatoms. The maximum atomic E-state index is 11.8. The van der Waals surface area contributed by atoms with Crippen LogP contribution < -0.4 is 4.74 Å². The minimum absolute atomic E-state index is 0.0196. The van der Waals surface area contributed by atoms with Crippen LogP contribution in [0.5, 0.6) is 17.2 Å². The van der Waals surface area contributed by atoms with E-state index in [1.807, 2.05) is 26.8 Å². The Kier molecular flexibility index (Phi) is 5.28. The molecule has 3 rings (SSSR count). The van der Waals surface area contributed by atoms with Gasteiger partial charge in [-0.25, -0.2) is 0 Å². The standard InChI is InChI=1S/C23H30O6/c1-12(2)8-14-17-9-23(28,13(3)4)7-6-22(17,5)29-21-16(11-25)19(26)15(10-24)20(27)18(14)21/h6-7,10-14,17,26-28H,8-9H2,1-5H3/t14-,17?,22-,23+/m1/s1. The number of carbonyl (C=O) groups is 2. The van der Waals surface area contributed by atoms with Crippen LogP contribution in [0.25, 0.3) is 0 Å². The van der Waals surface area contributed by atoms with Crippen molar-refractivity contribution in [3.63, 3.8) is 0 Å². The summed E-state index contributed by atoms with van der Waals surface area (Å²) in [5.41, 5.74) is -1.92. The fraction of sp³-hybridized carbons (Fsp3) is 0.565. The summed E-state index contributed by atoms with van der Waals surface area (Å²) >= 11 is 0. The Morgan fingerprint density at radius 1 is 1.10 bits per heavy atom. The average Bonchev–Trinajstić information content (AvgIpc) is 2.63. The highest BCUT2D eigenvalue weighted by Crippen LogP contribution is 2.58. The van der Waals surface area contributed by atoms with Crippen LogP contribution in [0.15, 0.2) is 12.2 Å². The first-order valence-electron chi connectivity index (χ1n) is 10.1. The molecule has 0 saturated carbocycles. The molecule has 6 nitrogen and oxygen atoms in total. The van der Waals surface area contributed by atoms with Crippen molar-refractivity contribution < 1.29 is 29.6 Å². The van der Waals surface area contributed by atoms with E-state index in [0.717, 1.165) is 0 Å². The molecule has 1 heterocycles. The lowest BCUT2D eigenvalue weighted by atomic mass is 9.61. The predicted molar refractivity (Wildman–Crippen MR) is 109 cm³/mol. The van der Waals surface area contributed by atoms with E-state index < -0.39 is 17.0 Å². The van der Waals surface area contributed by atoms with Crippen LogP contribution in [0.3, 0.4) is 0 Å². The predicted octanol–water partition coefficient (Wildman–Crippen LogP) is 3.97. The van der Waals surface area contributed by atoms with Crippen molar-refractivity contribution in [1.82, 2.24) is 0 Å². The maximum Gasteiger partial charge on any atom is 0.157 e. The number of aromatic hydroxyl groups is 2. The fourth-order valence-corrected chi connectivity index (χ4v) is 4.78. The lowest BCUT2D eigenvalue weighted by molar-refractivity contribution is -0.0569. The molecule has 0 aromatic heterocycles. The van der Waals surface area contributed by atoms with Gasteiger partial charge in [0.15, 0.2) is 12.6 Å². The summed E-state index contributed by atoms with van der Waals surface area (Å²) in [6.07, 6.45) is 5.46. The summed E-state index contributed by atoms with van der Waals surface area (Å²) in [7, 11) is 0. The first-order chi connectivity index (χ1) is 13.5. The van der Waals surface area contributed by atoms with Crippen molar-refractivity contribution in [2.24, 2.45) is 17.8 Å². The number of hydrogen-bond donors (Lipinski definition) is 3. The second kappa shape index (κ2) is 7.17. The number of aldehydes is 2. The lowest BCUT2D eigenvalue weighted by Gasteiger charge is -2.52. The third-order valence-corrected chi connectivity index (χ3v) is 6.64. The number of aliphatic hydroxyl groups is 1. The highest BCUT2D eigenvalue weighted by molar-refractivity contribution is 5.95. The van der Waals surface area contributed by atoms with Gasteiger partial charge in [-0.3, -0.25) is 9.59 Å². The van der Waals surface area contributed by atoms with E-state index in [-0.39, 0.29) is 46.3 Å². The second-order valence-electron chi connectivity index (χ2n) is 9.31. The van der Waals surface area contributed by atoms with E-state index in [1.165, 1.54) is 0 Å². The number of ether oxygens (including phenoxy) is 1. The minimum atomic E-state index is -1.02. The summed E-state index contributed by atoms with van der Waals surface area (Å²) in [6, 6.07) is 0. The van der Waals surface area contributed by atoms with E-state index in [4.69, 9.17) is 4.74 Å². The van der Waals surface area contributed by atoms with Crippen molar-refractivity contribution in [1.29, 1.82) is 0 Å². The molecule has 1 aliphatic heterocycles. The van der Waals surface area contributed by atoms with Crippen molar-refractivity contribution in [3.05, 3.63) is 28.8 Å². The van der Waals surface area contributed by atoms with E-state index in [9.17, 15) is 24.9 Å². The van der Waals surface area contributed by atoms with Crippen LogP contribution in [0.2, 0.25) is 0 Å². The molecule has 29 heavy (non-hydrogen) atoms. The Bertz CT molecular complexity index is 871. The summed E-state index contributed by atoms with van der Waals surface area (Å²) in [5.74, 6) is -1.04. The van der Waals surface area contributed by atoms with E-state index >= 15 is 0 Å². The molecule has 0 saturated heterocycles. The molecule has 1 aromatic carbocycles. The highest BCUT2D eigenvalue weighted by Gasteiger charge is 2.53. The third kappa shape index (κ3) is 3.23. The normalized spacial score (nSPS) is 30.6. The molecule has 0 radical (unpaired) electrons. The third-order valence-electron chi connectivity index (χ3n) is 6.64. The zero-order valence-electron chi connectivity index (χ0n) is 17.6. The number of fused-ring (bicyclic) bond motifs is 2. The zero-order chi connectivity index (χ0) is 21.7. The first-order valence-corrected chi connectivity index (χ1v) is 10.1. The quantitative estimate of drug-likeness (QED) is 0.509. The Balaban J connectivity index is 2.30. The zero-order valence-corrected chi connectivity index (χ0v) is 17.6. The summed E-state index contributed by atoms with van der Waals surface area (Å²) in [4.78, 5) is 23.3. The molecule has 2 aliphatic rings. The van der Waals surface area contributed by atoms with Gasteiger partial charge in [-0.05, 0) is 43.6 Å². The monoisotopic (exact) mass is 402 g/mol. The number of rotatable bonds is 5. The lowest BCUT2D eigenvalue weighted by Crippen LogP contribution is -2.53. The van der Waals surface area contributed by atoms with Gasteiger partial charge in [0.05, 0.1) is 16.7 Å². The van der Waals surface area contributed by atoms with Gasteiger partial charge < -0.3 is 20.1 Å². The number of hydrogen-bond acceptors (Lipinski definition) is 6. The molecule has 0 spiro atoms. The minimum Gasteiger partial charge on any atom is -0.507 e. The van der Waals surface area contributed by atoms with Crippen LogP contribution in [0.4, 0.5) is 0 Å². The van der Waals surface area contributed by atoms with Crippen LogP contribution in [-0.4, -0.2) is 39.1 Å². The van der Waals surface area contributed by atoms with Gasteiger partial charge in [-0.15, -0.1) is 0 Å². The van der Waals surface area contributed by atoms with Crippen LogP contribution in [0, 0.1) is 17.8 Å². The Morgan fingerprint density at radius 3 is 2.24 bits per heavy atom. The maximum absolute atomic E-state index is 11.8. The topological polar surface area (TPSA) is 104 Å². The molecule has 4 atom stereocenters. The van der Waals surface area contributed by atoms with Gasteiger partial charge in [-0.1, -0.05) is 33.8 Å². The van der Waals surface area contributed by atoms with Crippen LogP contribution >= 0.6 is 0 Å². The molecule has 1 unspecified atom stereocenters. The number of benzene rings is 1. The van der Waals surface area contributed by atoms with Gasteiger partial charge in [0.25, 0.3) is 0 Å². The largest absolute Gasteiger partial charge is 0.507 e. The Labute approximate surface area is 171 Å². The van der Waals surface area contributed by atoms with Gasteiger partial charge in [0.1, 0.15) is 22.8 Å². The Morgan fingerprint density at radius 2 is 1.72 bits per heavy atom. The van der Waals surface area contributed by atoms with E-state index in [0.29, 0.717) is 31.0 Å². The molecular formula is C23H30O6. The molecular weight excluding hydrogens is 372 g/mol. The van der Waals surface area contributed by atoms with Gasteiger partial charge >= 0.3 is 0 Å². The number of carbonyl (C=O) groups excluding carboxylic acids is 2. The summed E-state index contributed by atoms with van der Waals surface area (Å²) < 4.78 is 6.23. The van der Waals surface area contributed by atoms with Gasteiger partial charge in [0, 0.05) is 11.5 Å². The van der Waals surface area contributed by atoms with Crippen molar-refractivity contribution in [2.45, 2.75) is 64.6 Å². The summed E-state index contributed by atoms with van der Waals surface area (Å²) in [5, 5.41) is 32.4. The SMILES string of the molecule is CC(C)C[C@H]1c2c(O)c(C=O)c(O)c(C=O)c2O[C@]2(C)C=C[C@@](O)(C(C)C)CC12. The average molecular weight is 402 g/mol. The van der Waals surface area contributed by atoms with E-state index in [2.05, 4.69) is 13.8 Å². The molecule has 1 aromatic rings. The van der Waals surface area contributed by atoms with Crippen molar-refractivity contribution >= 4 is 12.6 Å². The smallest absolute Gasteiger partial charge is 0.157 e. The molecule has 0 amide bonds. The Hall–Kier alpha value is -2.34. The molecule has 1 aliphatic carbocycles. The van der Waals surface area contributed by atoms with E-state index in [1.54, 1.807) is 6.08 Å². The first kappa shape index (κ1) is 21.4. The van der Waals surface area contributed by atoms with Gasteiger partial charge in [0.2, 0.25) is 0 Å². The number of phenolic OH excluding ortho intramolecular Hbond substituents is 2. The highest BCUT2D eigenvalue weighted by atomic mass is 16.5. The number of phenols is 2. The summed E-state index contributed by atoms with van der Waals surface area (Å²) in [6.45, 7) is 9.90. The van der Waals surface area contributed by atoms with Crippen molar-refractivity contribution in [2.75, 3.05) is 0 Å². The fourth-order valence-electron chi connectivity index (χ4n) is 4.78. The molecule has 158 valence electrons. The second-order valence-corrected chi connectivity index (χ2v) is 9.31. The van der Waals surface area contributed by atoms with Crippen LogP contribution in [0.1, 0.15) is 79.7 Å². The van der Waals surface area contributed by atoms with Crippen molar-refractivity contribution in [3.8, 4) is 17.2 Å². The van der Waals surface area contributed by atoms with Gasteiger partial charge in [-0.2, -0.15) is 0 Å².